The molecule has 136 valence electrons. The number of nitrogens with one attached hydrogen (secondary N) is 1. The van der Waals surface area contributed by atoms with Gasteiger partial charge in [0.25, 0.3) is 0 Å². The second-order valence-electron chi connectivity index (χ2n) is 5.72. The first-order valence-corrected chi connectivity index (χ1v) is 9.62. The maximum Gasteiger partial charge on any atom is 0.240 e. The molecule has 0 atom stereocenters. The van der Waals surface area contributed by atoms with Crippen LogP contribution >= 0.6 is 0 Å². The van der Waals surface area contributed by atoms with E-state index in [4.69, 9.17) is 4.74 Å². The number of ether oxygens (including phenoxy) is 1. The van der Waals surface area contributed by atoms with E-state index in [2.05, 4.69) is 21.6 Å². The van der Waals surface area contributed by atoms with Gasteiger partial charge in [-0.3, -0.25) is 0 Å². The van der Waals surface area contributed by atoms with Gasteiger partial charge in [-0.25, -0.2) is 23.1 Å². The summed E-state index contributed by atoms with van der Waals surface area (Å²) >= 11 is 0. The van der Waals surface area contributed by atoms with E-state index in [1.807, 2.05) is 19.0 Å². The molecule has 8 heteroatoms. The average Bonchev–Trinajstić information content (AvgIpc) is 2.61. The molecule has 0 unspecified atom stereocenters. The number of hydrogen-bond acceptors (Lipinski definition) is 6. The van der Waals surface area contributed by atoms with Crippen molar-refractivity contribution in [2.24, 2.45) is 0 Å². The first kappa shape index (κ1) is 19.1. The molecule has 1 aromatic heterocycles. The molecule has 1 N–H and O–H groups in total. The van der Waals surface area contributed by atoms with Gasteiger partial charge < -0.3 is 9.64 Å². The van der Waals surface area contributed by atoms with Gasteiger partial charge in [0, 0.05) is 20.3 Å². The maximum atomic E-state index is 12.4. The van der Waals surface area contributed by atoms with Crippen LogP contribution < -0.4 is 14.4 Å². The lowest BCUT2D eigenvalue weighted by Gasteiger charge is -2.12. The maximum absolute atomic E-state index is 12.4. The standard InChI is InChI=1S/C17H24N4O3S/c1-4-5-12-24-14-6-8-15(9-7-14)25(22,23)19-13-16-18-11-10-17(20-16)21(2)3/h6-11,19H,4-5,12-13H2,1-3H3. The van der Waals surface area contributed by atoms with Crippen LogP contribution in [-0.2, 0) is 16.6 Å². The number of benzene rings is 1. The van der Waals surface area contributed by atoms with Crippen LogP contribution in [-0.4, -0.2) is 39.1 Å². The van der Waals surface area contributed by atoms with E-state index >= 15 is 0 Å². The van der Waals surface area contributed by atoms with Gasteiger partial charge in [-0.2, -0.15) is 0 Å². The molecule has 2 aromatic rings. The van der Waals surface area contributed by atoms with Crippen LogP contribution in [0.5, 0.6) is 5.75 Å². The summed E-state index contributed by atoms with van der Waals surface area (Å²) in [5.74, 6) is 1.79. The van der Waals surface area contributed by atoms with Crippen LogP contribution in [0.2, 0.25) is 0 Å². The van der Waals surface area contributed by atoms with Crippen LogP contribution in [0.4, 0.5) is 5.82 Å². The Balaban J connectivity index is 2.00. The minimum atomic E-state index is -3.63. The molecule has 0 fully saturated rings. The predicted molar refractivity (Wildman–Crippen MR) is 97.2 cm³/mol. The molecule has 0 saturated heterocycles. The van der Waals surface area contributed by atoms with E-state index in [9.17, 15) is 8.42 Å². The number of rotatable bonds is 9. The normalized spacial score (nSPS) is 11.3. The number of nitrogens with zero attached hydrogens (tertiary/aromatic N) is 3. The molecular formula is C17H24N4O3S. The first-order valence-electron chi connectivity index (χ1n) is 8.14. The Hall–Kier alpha value is -2.19. The SMILES string of the molecule is CCCCOc1ccc(S(=O)(=O)NCc2nccc(N(C)C)n2)cc1. The lowest BCUT2D eigenvalue weighted by atomic mass is 10.3. The summed E-state index contributed by atoms with van der Waals surface area (Å²) in [6, 6.07) is 8.14. The zero-order chi connectivity index (χ0) is 18.3. The van der Waals surface area contributed by atoms with E-state index in [1.54, 1.807) is 24.4 Å². The van der Waals surface area contributed by atoms with Gasteiger partial charge in [0.1, 0.15) is 17.4 Å². The van der Waals surface area contributed by atoms with Gasteiger partial charge in [-0.15, -0.1) is 0 Å². The molecule has 0 aliphatic carbocycles. The van der Waals surface area contributed by atoms with Crippen molar-refractivity contribution in [3.63, 3.8) is 0 Å². The summed E-state index contributed by atoms with van der Waals surface area (Å²) in [5.41, 5.74) is 0. The van der Waals surface area contributed by atoms with Crippen molar-refractivity contribution in [2.75, 3.05) is 25.6 Å². The highest BCUT2D eigenvalue weighted by molar-refractivity contribution is 7.89. The number of aromatic nitrogens is 2. The number of anilines is 1. The summed E-state index contributed by atoms with van der Waals surface area (Å²) in [6.45, 7) is 2.74. The second kappa shape index (κ2) is 8.77. The minimum Gasteiger partial charge on any atom is -0.494 e. The molecular weight excluding hydrogens is 340 g/mol. The van der Waals surface area contributed by atoms with Crippen molar-refractivity contribution in [2.45, 2.75) is 31.2 Å². The van der Waals surface area contributed by atoms with Crippen molar-refractivity contribution < 1.29 is 13.2 Å². The smallest absolute Gasteiger partial charge is 0.240 e. The van der Waals surface area contributed by atoms with Gasteiger partial charge >= 0.3 is 0 Å². The third-order valence-corrected chi connectivity index (χ3v) is 4.89. The van der Waals surface area contributed by atoms with Crippen molar-refractivity contribution >= 4 is 15.8 Å². The Bertz CT molecular complexity index is 777. The number of sulfonamides is 1. The van der Waals surface area contributed by atoms with Crippen LogP contribution in [0, 0.1) is 0 Å². The Morgan fingerprint density at radius 1 is 1.16 bits per heavy atom. The molecule has 0 bridgehead atoms. The molecule has 0 spiro atoms. The van der Waals surface area contributed by atoms with E-state index in [0.717, 1.165) is 18.7 Å². The average molecular weight is 364 g/mol. The van der Waals surface area contributed by atoms with Gasteiger partial charge in [0.05, 0.1) is 18.0 Å². The molecule has 0 aliphatic rings. The lowest BCUT2D eigenvalue weighted by Crippen LogP contribution is -2.24. The Kier molecular flexibility index (Phi) is 6.72. The highest BCUT2D eigenvalue weighted by atomic mass is 32.2. The fraction of sp³-hybridized carbons (Fsp3) is 0.412. The summed E-state index contributed by atoms with van der Waals surface area (Å²) in [6.07, 6.45) is 3.62. The van der Waals surface area contributed by atoms with E-state index < -0.39 is 10.0 Å². The summed E-state index contributed by atoms with van der Waals surface area (Å²) in [5, 5.41) is 0. The molecule has 0 aliphatic heterocycles. The van der Waals surface area contributed by atoms with Crippen molar-refractivity contribution in [3.8, 4) is 5.75 Å². The minimum absolute atomic E-state index is 0.0266. The van der Waals surface area contributed by atoms with E-state index in [0.29, 0.717) is 18.2 Å². The zero-order valence-electron chi connectivity index (χ0n) is 14.8. The number of hydrogen-bond donors (Lipinski definition) is 1. The molecule has 7 nitrogen and oxygen atoms in total. The van der Waals surface area contributed by atoms with Gasteiger partial charge in [0.15, 0.2) is 0 Å². The van der Waals surface area contributed by atoms with Crippen molar-refractivity contribution in [1.82, 2.24) is 14.7 Å². The Labute approximate surface area is 149 Å². The van der Waals surface area contributed by atoms with E-state index in [-0.39, 0.29) is 11.4 Å². The second-order valence-corrected chi connectivity index (χ2v) is 7.49. The topological polar surface area (TPSA) is 84.4 Å². The molecule has 0 radical (unpaired) electrons. The molecule has 1 aromatic carbocycles. The Morgan fingerprint density at radius 2 is 1.88 bits per heavy atom. The van der Waals surface area contributed by atoms with Gasteiger partial charge in [0.2, 0.25) is 10.0 Å². The first-order chi connectivity index (χ1) is 11.9. The van der Waals surface area contributed by atoms with Crippen molar-refractivity contribution in [1.29, 1.82) is 0 Å². The largest absolute Gasteiger partial charge is 0.494 e. The van der Waals surface area contributed by atoms with Gasteiger partial charge in [-0.1, -0.05) is 13.3 Å². The summed E-state index contributed by atoms with van der Waals surface area (Å²) < 4.78 is 32.8. The van der Waals surface area contributed by atoms with Crippen molar-refractivity contribution in [3.05, 3.63) is 42.4 Å². The predicted octanol–water partition coefficient (Wildman–Crippen LogP) is 2.20. The lowest BCUT2D eigenvalue weighted by molar-refractivity contribution is 0.309. The van der Waals surface area contributed by atoms with Crippen LogP contribution in [0.3, 0.4) is 0 Å². The van der Waals surface area contributed by atoms with Crippen LogP contribution in [0.15, 0.2) is 41.4 Å². The van der Waals surface area contributed by atoms with E-state index in [1.165, 1.54) is 12.1 Å². The summed E-state index contributed by atoms with van der Waals surface area (Å²) in [7, 11) is 0.0904. The molecule has 0 saturated carbocycles. The highest BCUT2D eigenvalue weighted by Crippen LogP contribution is 2.16. The van der Waals surface area contributed by atoms with Crippen LogP contribution in [0.1, 0.15) is 25.6 Å². The summed E-state index contributed by atoms with van der Waals surface area (Å²) in [4.78, 5) is 10.4. The monoisotopic (exact) mass is 364 g/mol. The zero-order valence-corrected chi connectivity index (χ0v) is 15.6. The third kappa shape index (κ3) is 5.68. The fourth-order valence-corrected chi connectivity index (χ4v) is 3.00. The fourth-order valence-electron chi connectivity index (χ4n) is 2.01. The number of unbranched alkanes of at least 4 members (excludes halogenated alkanes) is 1. The van der Waals surface area contributed by atoms with Crippen LogP contribution in [0.25, 0.3) is 0 Å². The van der Waals surface area contributed by atoms with Gasteiger partial charge in [-0.05, 0) is 36.8 Å². The molecule has 25 heavy (non-hydrogen) atoms. The highest BCUT2D eigenvalue weighted by Gasteiger charge is 2.14. The molecule has 0 amide bonds. The quantitative estimate of drug-likeness (QED) is 0.687. The molecule has 1 heterocycles. The third-order valence-electron chi connectivity index (χ3n) is 3.47. The Morgan fingerprint density at radius 3 is 2.52 bits per heavy atom. The molecule has 2 rings (SSSR count).